The van der Waals surface area contributed by atoms with E-state index in [0.717, 1.165) is 5.56 Å². The first-order valence-corrected chi connectivity index (χ1v) is 8.73. The highest BCUT2D eigenvalue weighted by Crippen LogP contribution is 2.36. The zero-order chi connectivity index (χ0) is 17.2. The van der Waals surface area contributed by atoms with E-state index in [-0.39, 0.29) is 20.6 Å². The molecule has 2 N–H and O–H groups in total. The minimum atomic E-state index is -3.82. The number of hydrogen-bond acceptors (Lipinski definition) is 5. The lowest BCUT2D eigenvalue weighted by molar-refractivity contribution is 0.0597. The number of benzene rings is 2. The summed E-state index contributed by atoms with van der Waals surface area (Å²) in [5.41, 5.74) is 0.971. The third kappa shape index (κ3) is 3.65. The van der Waals surface area contributed by atoms with Crippen molar-refractivity contribution in [1.82, 2.24) is 0 Å². The van der Waals surface area contributed by atoms with Crippen LogP contribution in [0.3, 0.4) is 0 Å². The fraction of sp³-hybridized carbons (Fsp3) is 0.133. The van der Waals surface area contributed by atoms with Crippen molar-refractivity contribution in [2.24, 2.45) is 0 Å². The van der Waals surface area contributed by atoms with Crippen LogP contribution >= 0.6 is 15.9 Å². The highest BCUT2D eigenvalue weighted by molar-refractivity contribution is 9.10. The number of nitrogens with one attached hydrogen (secondary N) is 1. The first-order chi connectivity index (χ1) is 10.8. The number of carbonyl (C=O) groups excluding carboxylic acids is 1. The molecule has 0 saturated heterocycles. The Hall–Kier alpha value is -2.06. The van der Waals surface area contributed by atoms with Gasteiger partial charge < -0.3 is 9.84 Å². The van der Waals surface area contributed by atoms with Crippen molar-refractivity contribution < 1.29 is 23.1 Å². The minimum Gasteiger partial charge on any atom is -0.506 e. The van der Waals surface area contributed by atoms with Gasteiger partial charge in [0.2, 0.25) is 0 Å². The van der Waals surface area contributed by atoms with Gasteiger partial charge in [-0.1, -0.05) is 17.7 Å². The lowest BCUT2D eigenvalue weighted by Crippen LogP contribution is -2.13. The summed E-state index contributed by atoms with van der Waals surface area (Å²) in [7, 11) is -2.63. The van der Waals surface area contributed by atoms with Crippen molar-refractivity contribution >= 4 is 37.6 Å². The molecule has 2 aromatic carbocycles. The summed E-state index contributed by atoms with van der Waals surface area (Å²) in [6.07, 6.45) is 0. The zero-order valence-corrected chi connectivity index (χ0v) is 14.7. The van der Waals surface area contributed by atoms with Gasteiger partial charge in [0.15, 0.2) is 0 Å². The van der Waals surface area contributed by atoms with E-state index in [9.17, 15) is 18.3 Å². The van der Waals surface area contributed by atoms with Gasteiger partial charge in [0.25, 0.3) is 10.0 Å². The first-order valence-electron chi connectivity index (χ1n) is 6.45. The Morgan fingerprint density at radius 1 is 1.17 bits per heavy atom. The molecule has 0 aliphatic rings. The van der Waals surface area contributed by atoms with Crippen LogP contribution in [0.2, 0.25) is 0 Å². The maximum atomic E-state index is 12.3. The Labute approximate surface area is 142 Å². The molecule has 0 unspecified atom stereocenters. The van der Waals surface area contributed by atoms with Crippen LogP contribution < -0.4 is 4.72 Å². The van der Waals surface area contributed by atoms with Crippen LogP contribution in [-0.4, -0.2) is 26.6 Å². The molecule has 2 rings (SSSR count). The largest absolute Gasteiger partial charge is 0.506 e. The van der Waals surface area contributed by atoms with Crippen LogP contribution in [0.5, 0.6) is 5.75 Å². The Balaban J connectivity index is 2.38. The molecule has 0 amide bonds. The molecule has 0 fully saturated rings. The molecule has 0 aromatic heterocycles. The van der Waals surface area contributed by atoms with Crippen molar-refractivity contribution in [1.29, 1.82) is 0 Å². The minimum absolute atomic E-state index is 0.0519. The van der Waals surface area contributed by atoms with E-state index in [4.69, 9.17) is 0 Å². The van der Waals surface area contributed by atoms with Gasteiger partial charge in [-0.05, 0) is 47.1 Å². The third-order valence-electron chi connectivity index (χ3n) is 3.10. The van der Waals surface area contributed by atoms with Gasteiger partial charge in [-0.25, -0.2) is 13.2 Å². The maximum absolute atomic E-state index is 12.3. The average molecular weight is 400 g/mol. The molecule has 0 heterocycles. The number of phenolic OH excluding ortho intramolecular Hbond substituents is 1. The van der Waals surface area contributed by atoms with Gasteiger partial charge >= 0.3 is 5.97 Å². The molecule has 0 bridgehead atoms. The molecule has 0 atom stereocenters. The fourth-order valence-corrected chi connectivity index (χ4v) is 3.49. The molecule has 2 aromatic rings. The molecule has 0 spiro atoms. The summed E-state index contributed by atoms with van der Waals surface area (Å²) in [6.45, 7) is 1.85. The van der Waals surface area contributed by atoms with E-state index in [1.54, 1.807) is 12.1 Å². The standard InChI is InChI=1S/C15H14BrNO5S/c1-9-3-5-10(6-4-9)23(20,21)17-12-8-7-11(15(19)22-2)14(18)13(12)16/h3-8,17-18H,1-2H3. The smallest absolute Gasteiger partial charge is 0.341 e. The van der Waals surface area contributed by atoms with Crippen molar-refractivity contribution in [2.45, 2.75) is 11.8 Å². The van der Waals surface area contributed by atoms with Crippen LogP contribution in [0.25, 0.3) is 0 Å². The number of halogens is 1. The van der Waals surface area contributed by atoms with E-state index >= 15 is 0 Å². The Morgan fingerprint density at radius 3 is 2.35 bits per heavy atom. The van der Waals surface area contributed by atoms with Crippen LogP contribution in [0.1, 0.15) is 15.9 Å². The zero-order valence-electron chi connectivity index (χ0n) is 12.3. The van der Waals surface area contributed by atoms with E-state index in [1.165, 1.54) is 31.4 Å². The Kier molecular flexibility index (Phi) is 4.96. The number of hydrogen-bond donors (Lipinski definition) is 2. The van der Waals surface area contributed by atoms with Gasteiger partial charge in [0.05, 0.1) is 22.2 Å². The SMILES string of the molecule is COC(=O)c1ccc(NS(=O)(=O)c2ccc(C)cc2)c(Br)c1O. The number of aryl methyl sites for hydroxylation is 1. The second kappa shape index (κ2) is 6.59. The van der Waals surface area contributed by atoms with Crippen LogP contribution in [0.15, 0.2) is 45.8 Å². The van der Waals surface area contributed by atoms with Crippen molar-refractivity contribution in [3.8, 4) is 5.75 Å². The number of ether oxygens (including phenoxy) is 1. The monoisotopic (exact) mass is 399 g/mol. The number of methoxy groups -OCH3 is 1. The van der Waals surface area contributed by atoms with Crippen molar-refractivity contribution in [3.05, 3.63) is 52.0 Å². The highest BCUT2D eigenvalue weighted by atomic mass is 79.9. The van der Waals surface area contributed by atoms with Gasteiger partial charge in [0, 0.05) is 0 Å². The topological polar surface area (TPSA) is 92.7 Å². The number of sulfonamides is 1. The summed E-state index contributed by atoms with van der Waals surface area (Å²) in [4.78, 5) is 11.6. The number of aromatic hydroxyl groups is 1. The van der Waals surface area contributed by atoms with Crippen LogP contribution in [-0.2, 0) is 14.8 Å². The quantitative estimate of drug-likeness (QED) is 0.770. The second-order valence-electron chi connectivity index (χ2n) is 4.73. The third-order valence-corrected chi connectivity index (χ3v) is 5.28. The van der Waals surface area contributed by atoms with Crippen LogP contribution in [0.4, 0.5) is 5.69 Å². The summed E-state index contributed by atoms with van der Waals surface area (Å²) < 4.78 is 31.6. The van der Waals surface area contributed by atoms with Crippen molar-refractivity contribution in [3.63, 3.8) is 0 Å². The van der Waals surface area contributed by atoms with E-state index in [2.05, 4.69) is 25.4 Å². The average Bonchev–Trinajstić information content (AvgIpc) is 2.51. The first kappa shape index (κ1) is 17.3. The summed E-state index contributed by atoms with van der Waals surface area (Å²) in [5, 5.41) is 10.0. The summed E-state index contributed by atoms with van der Waals surface area (Å²) in [6, 6.07) is 8.96. The molecule has 122 valence electrons. The summed E-state index contributed by atoms with van der Waals surface area (Å²) in [5.74, 6) is -1.13. The molecule has 0 aliphatic carbocycles. The van der Waals surface area contributed by atoms with Crippen LogP contribution in [0, 0.1) is 6.92 Å². The van der Waals surface area contributed by atoms with E-state index in [1.807, 2.05) is 6.92 Å². The Bertz CT molecular complexity index is 847. The predicted molar refractivity (Wildman–Crippen MR) is 89.1 cm³/mol. The number of phenols is 1. The van der Waals surface area contributed by atoms with Gasteiger partial charge in [-0.2, -0.15) is 0 Å². The van der Waals surface area contributed by atoms with E-state index < -0.39 is 21.7 Å². The molecule has 23 heavy (non-hydrogen) atoms. The lowest BCUT2D eigenvalue weighted by atomic mass is 10.2. The van der Waals surface area contributed by atoms with Gasteiger partial charge in [-0.3, -0.25) is 4.72 Å². The molecule has 0 radical (unpaired) electrons. The van der Waals surface area contributed by atoms with E-state index in [0.29, 0.717) is 0 Å². The lowest BCUT2D eigenvalue weighted by Gasteiger charge is -2.12. The number of anilines is 1. The van der Waals surface area contributed by atoms with Gasteiger partial charge in [-0.15, -0.1) is 0 Å². The number of carbonyl (C=O) groups is 1. The predicted octanol–water partition coefficient (Wildman–Crippen LogP) is 3.05. The normalized spacial score (nSPS) is 11.1. The summed E-state index contributed by atoms with van der Waals surface area (Å²) >= 11 is 3.08. The molecular weight excluding hydrogens is 386 g/mol. The molecular formula is C15H14BrNO5S. The second-order valence-corrected chi connectivity index (χ2v) is 7.21. The van der Waals surface area contributed by atoms with Crippen molar-refractivity contribution in [2.75, 3.05) is 11.8 Å². The maximum Gasteiger partial charge on any atom is 0.341 e. The highest BCUT2D eigenvalue weighted by Gasteiger charge is 2.20. The molecule has 0 aliphatic heterocycles. The van der Waals surface area contributed by atoms with Gasteiger partial charge in [0.1, 0.15) is 11.3 Å². The number of esters is 1. The molecule has 6 nitrogen and oxygen atoms in total. The molecule has 0 saturated carbocycles. The Morgan fingerprint density at radius 2 is 1.78 bits per heavy atom. The number of rotatable bonds is 4. The fourth-order valence-electron chi connectivity index (χ4n) is 1.84. The molecule has 8 heteroatoms.